The Labute approximate surface area is 68.4 Å². The monoisotopic (exact) mass is 197 g/mol. The lowest BCUT2D eigenvalue weighted by molar-refractivity contribution is 1.41. The molecular formula is C8H6BrN. The van der Waals surface area contributed by atoms with Crippen LogP contribution < -0.4 is 0 Å². The van der Waals surface area contributed by atoms with Gasteiger partial charge in [-0.15, -0.1) is 0 Å². The minimum absolute atomic E-state index is 0.713. The predicted molar refractivity (Wildman–Crippen MR) is 43.8 cm³/mol. The van der Waals surface area contributed by atoms with Gasteiger partial charge >= 0.3 is 0 Å². The molecule has 0 radical (unpaired) electrons. The standard InChI is InChI=1S/C8H6BrN/c9-5-7-1-3-8(6-10)4-2-7/h1-4H,5H2/i6+2. The van der Waals surface area contributed by atoms with E-state index in [0.29, 0.717) is 5.56 Å². The van der Waals surface area contributed by atoms with Gasteiger partial charge in [0.05, 0.1) is 11.6 Å². The van der Waals surface area contributed by atoms with Gasteiger partial charge in [-0.1, -0.05) is 28.1 Å². The van der Waals surface area contributed by atoms with E-state index in [1.165, 1.54) is 5.56 Å². The molecule has 10 heavy (non-hydrogen) atoms. The zero-order valence-corrected chi connectivity index (χ0v) is 6.93. The smallest absolute Gasteiger partial charge is 0.0991 e. The lowest BCUT2D eigenvalue weighted by atomic mass is 10.2. The average Bonchev–Trinajstić information content (AvgIpc) is 2.05. The molecule has 0 amide bonds. The zero-order chi connectivity index (χ0) is 7.40. The normalized spacial score (nSPS) is 8.80. The Hall–Kier alpha value is -0.810. The third-order valence-corrected chi connectivity index (χ3v) is 1.88. The van der Waals surface area contributed by atoms with Crippen molar-refractivity contribution in [3.05, 3.63) is 35.4 Å². The summed E-state index contributed by atoms with van der Waals surface area (Å²) in [5.74, 6) is 0. The number of hydrogen-bond donors (Lipinski definition) is 0. The summed E-state index contributed by atoms with van der Waals surface area (Å²) in [7, 11) is 0. The molecule has 0 bridgehead atoms. The lowest BCUT2D eigenvalue weighted by Crippen LogP contribution is -1.76. The Morgan fingerprint density at radius 3 is 2.30 bits per heavy atom. The van der Waals surface area contributed by atoms with Gasteiger partial charge in [-0.25, -0.2) is 0 Å². The molecule has 0 spiro atoms. The third kappa shape index (κ3) is 1.58. The van der Waals surface area contributed by atoms with Gasteiger partial charge in [-0.3, -0.25) is 0 Å². The highest BCUT2D eigenvalue weighted by molar-refractivity contribution is 9.08. The number of alkyl halides is 1. The molecule has 1 aromatic rings. The van der Waals surface area contributed by atoms with Gasteiger partial charge in [0.25, 0.3) is 0 Å². The fourth-order valence-electron chi connectivity index (χ4n) is 0.668. The van der Waals surface area contributed by atoms with E-state index in [2.05, 4.69) is 22.0 Å². The van der Waals surface area contributed by atoms with Gasteiger partial charge in [-0.05, 0) is 17.7 Å². The Morgan fingerprint density at radius 1 is 1.30 bits per heavy atom. The highest BCUT2D eigenvalue weighted by atomic mass is 79.9. The molecule has 0 N–H and O–H groups in total. The molecule has 0 unspecified atom stereocenters. The van der Waals surface area contributed by atoms with Crippen molar-refractivity contribution in [3.8, 4) is 6.07 Å². The van der Waals surface area contributed by atoms with Crippen molar-refractivity contribution in [1.29, 1.82) is 5.26 Å². The van der Waals surface area contributed by atoms with E-state index in [4.69, 9.17) is 5.26 Å². The van der Waals surface area contributed by atoms with Crippen molar-refractivity contribution in [1.82, 2.24) is 0 Å². The van der Waals surface area contributed by atoms with Crippen molar-refractivity contribution in [3.63, 3.8) is 0 Å². The van der Waals surface area contributed by atoms with Crippen molar-refractivity contribution in [2.24, 2.45) is 0 Å². The maximum Gasteiger partial charge on any atom is 0.0991 e. The predicted octanol–water partition coefficient (Wildman–Crippen LogP) is 2.45. The second-order valence-corrected chi connectivity index (χ2v) is 2.50. The molecule has 1 aromatic carbocycles. The van der Waals surface area contributed by atoms with E-state index in [9.17, 15) is 0 Å². The fraction of sp³-hybridized carbons (Fsp3) is 0.125. The van der Waals surface area contributed by atoms with Crippen molar-refractivity contribution in [2.45, 2.75) is 5.33 Å². The van der Waals surface area contributed by atoms with Crippen LogP contribution in [0.4, 0.5) is 0 Å². The van der Waals surface area contributed by atoms with Crippen LogP contribution in [0.2, 0.25) is 0 Å². The summed E-state index contributed by atoms with van der Waals surface area (Å²) in [5, 5.41) is 9.29. The van der Waals surface area contributed by atoms with Gasteiger partial charge in [0.2, 0.25) is 0 Å². The van der Waals surface area contributed by atoms with E-state index in [-0.39, 0.29) is 0 Å². The van der Waals surface area contributed by atoms with Crippen LogP contribution >= 0.6 is 15.9 Å². The Kier molecular flexibility index (Phi) is 2.47. The summed E-state index contributed by atoms with van der Waals surface area (Å²) in [6.45, 7) is 0. The first kappa shape index (κ1) is 7.30. The summed E-state index contributed by atoms with van der Waals surface area (Å²) < 4.78 is 0. The van der Waals surface area contributed by atoms with Gasteiger partial charge in [0, 0.05) is 5.33 Å². The SMILES string of the molecule is N#[14C]c1ccc(CBr)cc1. The zero-order valence-electron chi connectivity index (χ0n) is 5.34. The number of nitriles is 1. The Bertz CT molecular complexity index is 245. The van der Waals surface area contributed by atoms with E-state index in [1.54, 1.807) is 0 Å². The van der Waals surface area contributed by atoms with Gasteiger partial charge in [0.1, 0.15) is 0 Å². The topological polar surface area (TPSA) is 23.8 Å². The highest BCUT2D eigenvalue weighted by Gasteiger charge is 1.89. The maximum absolute atomic E-state index is 8.44. The second-order valence-electron chi connectivity index (χ2n) is 1.94. The molecule has 0 atom stereocenters. The lowest BCUT2D eigenvalue weighted by Gasteiger charge is -1.92. The Morgan fingerprint density at radius 2 is 1.90 bits per heavy atom. The molecule has 0 saturated heterocycles. The Balaban J connectivity index is 2.93. The summed E-state index contributed by atoms with van der Waals surface area (Å²) in [6, 6.07) is 9.57. The molecule has 0 heterocycles. The quantitative estimate of drug-likeness (QED) is 0.635. The van der Waals surface area contributed by atoms with Crippen LogP contribution in [-0.2, 0) is 5.33 Å². The molecular weight excluding hydrogens is 192 g/mol. The van der Waals surface area contributed by atoms with Crippen LogP contribution in [0.3, 0.4) is 0 Å². The van der Waals surface area contributed by atoms with Crippen LogP contribution in [0.15, 0.2) is 24.3 Å². The fourth-order valence-corrected chi connectivity index (χ4v) is 1.04. The van der Waals surface area contributed by atoms with Crippen molar-refractivity contribution < 1.29 is 0 Å². The molecule has 1 rings (SSSR count). The van der Waals surface area contributed by atoms with E-state index in [0.717, 1.165) is 5.33 Å². The second kappa shape index (κ2) is 3.38. The third-order valence-electron chi connectivity index (χ3n) is 1.24. The summed E-state index contributed by atoms with van der Waals surface area (Å²) in [4.78, 5) is 0. The highest BCUT2D eigenvalue weighted by Crippen LogP contribution is 2.06. The first-order chi connectivity index (χ1) is 4.86. The van der Waals surface area contributed by atoms with Crippen molar-refractivity contribution >= 4 is 15.9 Å². The molecule has 0 fully saturated rings. The number of halogens is 1. The molecule has 50 valence electrons. The summed E-state index contributed by atoms with van der Waals surface area (Å²) in [6.07, 6.45) is 0. The van der Waals surface area contributed by atoms with E-state index in [1.807, 2.05) is 24.3 Å². The molecule has 0 aromatic heterocycles. The molecule has 0 aliphatic heterocycles. The van der Waals surface area contributed by atoms with Gasteiger partial charge < -0.3 is 0 Å². The van der Waals surface area contributed by atoms with E-state index < -0.39 is 0 Å². The molecule has 0 aliphatic rings. The first-order valence-electron chi connectivity index (χ1n) is 2.92. The number of hydrogen-bond acceptors (Lipinski definition) is 1. The first-order valence-corrected chi connectivity index (χ1v) is 4.04. The summed E-state index contributed by atoms with van der Waals surface area (Å²) >= 11 is 3.32. The summed E-state index contributed by atoms with van der Waals surface area (Å²) in [5.41, 5.74) is 1.91. The van der Waals surface area contributed by atoms with Crippen molar-refractivity contribution in [2.75, 3.05) is 0 Å². The number of nitrogens with zero attached hydrogens (tertiary/aromatic N) is 1. The maximum atomic E-state index is 8.44. The molecule has 0 aliphatic carbocycles. The average molecular weight is 198 g/mol. The van der Waals surface area contributed by atoms with Gasteiger partial charge in [-0.2, -0.15) is 5.26 Å². The minimum atomic E-state index is 0.713. The van der Waals surface area contributed by atoms with Crippen LogP contribution in [0.1, 0.15) is 11.1 Å². The minimum Gasteiger partial charge on any atom is -0.192 e. The van der Waals surface area contributed by atoms with Crippen LogP contribution in [0, 0.1) is 11.3 Å². The molecule has 0 saturated carbocycles. The molecule has 2 heteroatoms. The van der Waals surface area contributed by atoms with Gasteiger partial charge in [0.15, 0.2) is 0 Å². The largest absolute Gasteiger partial charge is 0.192 e. The van der Waals surface area contributed by atoms with E-state index >= 15 is 0 Å². The van der Waals surface area contributed by atoms with Crippen LogP contribution in [0.5, 0.6) is 0 Å². The molecule has 1 nitrogen and oxygen atoms in total. The number of benzene rings is 1. The van der Waals surface area contributed by atoms with Crippen LogP contribution in [0.25, 0.3) is 0 Å². The number of rotatable bonds is 1. The van der Waals surface area contributed by atoms with Crippen LogP contribution in [-0.4, -0.2) is 0 Å².